The summed E-state index contributed by atoms with van der Waals surface area (Å²) in [6, 6.07) is 20.7. The van der Waals surface area contributed by atoms with Gasteiger partial charge in [-0.2, -0.15) is 0 Å². The van der Waals surface area contributed by atoms with Gasteiger partial charge < -0.3 is 25.0 Å². The highest BCUT2D eigenvalue weighted by molar-refractivity contribution is 5.91. The highest BCUT2D eigenvalue weighted by Gasteiger charge is 2.42. The monoisotopic (exact) mass is 571 g/mol. The molecule has 3 aromatic rings. The number of nitrogens with two attached hydrogens (primary N) is 1. The predicted molar refractivity (Wildman–Crippen MR) is 162 cm³/mol. The lowest BCUT2D eigenvalue weighted by molar-refractivity contribution is -0.151. The van der Waals surface area contributed by atoms with Gasteiger partial charge in [0.05, 0.1) is 31.9 Å². The average molecular weight is 572 g/mol. The zero-order valence-corrected chi connectivity index (χ0v) is 25.3. The summed E-state index contributed by atoms with van der Waals surface area (Å²) >= 11 is 0. The number of ether oxygens (including phenoxy) is 2. The van der Waals surface area contributed by atoms with E-state index in [1.807, 2.05) is 88.4 Å². The van der Waals surface area contributed by atoms with Crippen LogP contribution in [0.1, 0.15) is 66.3 Å². The van der Waals surface area contributed by atoms with E-state index in [4.69, 9.17) is 15.2 Å². The summed E-state index contributed by atoms with van der Waals surface area (Å²) in [6.45, 7) is 8.34. The van der Waals surface area contributed by atoms with Crippen LogP contribution in [0, 0.1) is 5.41 Å². The number of carbonyl (C=O) groups is 3. The Morgan fingerprint density at radius 1 is 0.976 bits per heavy atom. The highest BCUT2D eigenvalue weighted by Crippen LogP contribution is 2.32. The maximum absolute atomic E-state index is 14.7. The first-order valence-electron chi connectivity index (χ1n) is 14.2. The van der Waals surface area contributed by atoms with Crippen molar-refractivity contribution in [1.82, 2.24) is 9.80 Å². The number of carbonyl (C=O) groups excluding carboxylic acids is 3. The first-order valence-corrected chi connectivity index (χ1v) is 14.2. The summed E-state index contributed by atoms with van der Waals surface area (Å²) in [5.41, 5.74) is 10.2. The Labute approximate surface area is 248 Å². The standard InChI is InChI=1S/C34H41N3O5/c1-22(25-12-9-13-28(18-25)41-5)36(20-23-14-16-24(17-15-23)33(40)42-6)31(38)29-19-26-10-7-8-11-27(26)21-37(29)32(39)30(35)34(2,3)4/h7-18,22,29-30H,19-21,35H2,1-6H3/t22-,29+,30?/m1/s1. The van der Waals surface area contributed by atoms with Crippen molar-refractivity contribution in [2.75, 3.05) is 14.2 Å². The molecule has 8 nitrogen and oxygen atoms in total. The minimum absolute atomic E-state index is 0.175. The smallest absolute Gasteiger partial charge is 0.337 e. The summed E-state index contributed by atoms with van der Waals surface area (Å²) in [4.78, 5) is 44.0. The Balaban J connectivity index is 1.75. The van der Waals surface area contributed by atoms with Crippen LogP contribution in [0.15, 0.2) is 72.8 Å². The molecule has 0 spiro atoms. The van der Waals surface area contributed by atoms with Crippen molar-refractivity contribution in [3.8, 4) is 5.75 Å². The Bertz CT molecular complexity index is 1430. The van der Waals surface area contributed by atoms with E-state index in [1.54, 1.807) is 29.0 Å². The second-order valence-electron chi connectivity index (χ2n) is 11.9. The molecule has 1 aliphatic heterocycles. The molecule has 8 heteroatoms. The van der Waals surface area contributed by atoms with E-state index in [0.717, 1.165) is 22.3 Å². The van der Waals surface area contributed by atoms with E-state index in [-0.39, 0.29) is 24.4 Å². The molecule has 1 heterocycles. The van der Waals surface area contributed by atoms with Gasteiger partial charge in [0.1, 0.15) is 11.8 Å². The highest BCUT2D eigenvalue weighted by atomic mass is 16.5. The summed E-state index contributed by atoms with van der Waals surface area (Å²) in [7, 11) is 2.95. The van der Waals surface area contributed by atoms with E-state index >= 15 is 0 Å². The Kier molecular flexibility index (Phi) is 9.36. The van der Waals surface area contributed by atoms with E-state index in [2.05, 4.69) is 0 Å². The molecular formula is C34H41N3O5. The van der Waals surface area contributed by atoms with Gasteiger partial charge >= 0.3 is 5.97 Å². The molecule has 2 N–H and O–H groups in total. The summed E-state index contributed by atoms with van der Waals surface area (Å²) in [5, 5.41) is 0. The number of fused-ring (bicyclic) bond motifs is 1. The molecule has 0 aliphatic carbocycles. The lowest BCUT2D eigenvalue weighted by atomic mass is 9.85. The largest absolute Gasteiger partial charge is 0.497 e. The molecule has 0 saturated carbocycles. The third kappa shape index (κ3) is 6.65. The molecular weight excluding hydrogens is 530 g/mol. The van der Waals surface area contributed by atoms with E-state index < -0.39 is 23.5 Å². The summed E-state index contributed by atoms with van der Waals surface area (Å²) in [5.74, 6) is -0.156. The van der Waals surface area contributed by atoms with Crippen molar-refractivity contribution < 1.29 is 23.9 Å². The van der Waals surface area contributed by atoms with E-state index in [9.17, 15) is 14.4 Å². The van der Waals surface area contributed by atoms with Crippen LogP contribution >= 0.6 is 0 Å². The van der Waals surface area contributed by atoms with Gasteiger partial charge in [0.25, 0.3) is 0 Å². The third-order valence-electron chi connectivity index (χ3n) is 8.07. The third-order valence-corrected chi connectivity index (χ3v) is 8.07. The fraction of sp³-hybridized carbons (Fsp3) is 0.382. The van der Waals surface area contributed by atoms with Gasteiger partial charge in [-0.15, -0.1) is 0 Å². The van der Waals surface area contributed by atoms with Crippen LogP contribution in [0.5, 0.6) is 5.75 Å². The van der Waals surface area contributed by atoms with Crippen molar-refractivity contribution in [2.45, 2.75) is 65.3 Å². The molecule has 0 saturated heterocycles. The molecule has 42 heavy (non-hydrogen) atoms. The maximum Gasteiger partial charge on any atom is 0.337 e. The molecule has 3 aromatic carbocycles. The van der Waals surface area contributed by atoms with E-state index in [1.165, 1.54) is 7.11 Å². The van der Waals surface area contributed by atoms with Crippen molar-refractivity contribution in [3.05, 3.63) is 101 Å². The molecule has 1 aliphatic rings. The molecule has 0 radical (unpaired) electrons. The molecule has 4 rings (SSSR count). The van der Waals surface area contributed by atoms with Crippen LogP contribution in [0.3, 0.4) is 0 Å². The zero-order valence-electron chi connectivity index (χ0n) is 25.3. The quantitative estimate of drug-likeness (QED) is 0.386. The van der Waals surface area contributed by atoms with Crippen molar-refractivity contribution in [1.29, 1.82) is 0 Å². The number of amides is 2. The number of hydrogen-bond donors (Lipinski definition) is 1. The lowest BCUT2D eigenvalue weighted by Crippen LogP contribution is -2.59. The second kappa shape index (κ2) is 12.8. The van der Waals surface area contributed by atoms with Gasteiger partial charge in [-0.1, -0.05) is 69.3 Å². The van der Waals surface area contributed by atoms with Crippen LogP contribution in [0.25, 0.3) is 0 Å². The molecule has 1 unspecified atom stereocenters. The van der Waals surface area contributed by atoms with Crippen molar-refractivity contribution in [2.24, 2.45) is 11.1 Å². The fourth-order valence-electron chi connectivity index (χ4n) is 5.26. The van der Waals surface area contributed by atoms with Crippen molar-refractivity contribution in [3.63, 3.8) is 0 Å². The minimum atomic E-state index is -0.770. The number of nitrogens with zero attached hydrogens (tertiary/aromatic N) is 2. The molecule has 2 amide bonds. The number of benzene rings is 3. The molecule has 222 valence electrons. The second-order valence-corrected chi connectivity index (χ2v) is 11.9. The van der Waals surface area contributed by atoms with Crippen LogP contribution in [-0.2, 0) is 33.8 Å². The van der Waals surface area contributed by atoms with Crippen LogP contribution in [0.4, 0.5) is 0 Å². The predicted octanol–water partition coefficient (Wildman–Crippen LogP) is 4.90. The molecule has 0 bridgehead atoms. The fourth-order valence-corrected chi connectivity index (χ4v) is 5.26. The number of hydrogen-bond acceptors (Lipinski definition) is 6. The molecule has 0 fully saturated rings. The number of esters is 1. The maximum atomic E-state index is 14.7. The van der Waals surface area contributed by atoms with Gasteiger partial charge in [-0.25, -0.2) is 4.79 Å². The van der Waals surface area contributed by atoms with Gasteiger partial charge in [-0.05, 0) is 58.9 Å². The Morgan fingerprint density at radius 2 is 1.64 bits per heavy atom. The summed E-state index contributed by atoms with van der Waals surface area (Å²) < 4.78 is 10.3. The SMILES string of the molecule is COC(=O)c1ccc(CN(C(=O)[C@@H]2Cc3ccccc3CN2C(=O)C(N)C(C)(C)C)[C@H](C)c2cccc(OC)c2)cc1. The van der Waals surface area contributed by atoms with E-state index in [0.29, 0.717) is 24.3 Å². The zero-order chi connectivity index (χ0) is 30.6. The number of rotatable bonds is 8. The average Bonchev–Trinajstić information content (AvgIpc) is 3.01. The Morgan fingerprint density at radius 3 is 2.26 bits per heavy atom. The topological polar surface area (TPSA) is 102 Å². The number of methoxy groups -OCH3 is 2. The van der Waals surface area contributed by atoms with Crippen LogP contribution < -0.4 is 10.5 Å². The van der Waals surface area contributed by atoms with Gasteiger partial charge in [0.2, 0.25) is 11.8 Å². The van der Waals surface area contributed by atoms with Gasteiger partial charge in [0.15, 0.2) is 0 Å². The normalized spacial score (nSPS) is 16.2. The summed E-state index contributed by atoms with van der Waals surface area (Å²) in [6.07, 6.45) is 0.389. The van der Waals surface area contributed by atoms with Gasteiger partial charge in [-0.3, -0.25) is 9.59 Å². The lowest BCUT2D eigenvalue weighted by Gasteiger charge is -2.42. The Hall–Kier alpha value is -4.17. The first-order chi connectivity index (χ1) is 19.9. The molecule has 3 atom stereocenters. The van der Waals surface area contributed by atoms with Crippen molar-refractivity contribution >= 4 is 17.8 Å². The van der Waals surface area contributed by atoms with Crippen LogP contribution in [-0.4, -0.2) is 53.9 Å². The minimum Gasteiger partial charge on any atom is -0.497 e. The van der Waals surface area contributed by atoms with Gasteiger partial charge in [0, 0.05) is 19.5 Å². The molecule has 0 aromatic heterocycles. The van der Waals surface area contributed by atoms with Crippen LogP contribution in [0.2, 0.25) is 0 Å². The first kappa shape index (κ1) is 30.8.